The van der Waals surface area contributed by atoms with Crippen molar-refractivity contribution in [3.63, 3.8) is 0 Å². The maximum absolute atomic E-state index is 14.3. The van der Waals surface area contributed by atoms with E-state index < -0.39 is 24.1 Å². The van der Waals surface area contributed by atoms with E-state index in [9.17, 15) is 22.4 Å². The Morgan fingerprint density at radius 2 is 1.78 bits per heavy atom. The van der Waals surface area contributed by atoms with E-state index in [-0.39, 0.29) is 33.4 Å². The van der Waals surface area contributed by atoms with Crippen LogP contribution in [0.4, 0.5) is 28.9 Å². The number of nitrogens with one attached hydrogen (secondary N) is 1. The van der Waals surface area contributed by atoms with Crippen LogP contribution in [0, 0.1) is 11.6 Å². The van der Waals surface area contributed by atoms with Crippen molar-refractivity contribution in [2.45, 2.75) is 13.0 Å². The number of hydrogen-bond donors (Lipinski definition) is 1. The van der Waals surface area contributed by atoms with Crippen LogP contribution in [0.2, 0.25) is 10.0 Å². The summed E-state index contributed by atoms with van der Waals surface area (Å²) >= 11 is 11.9. The molecule has 0 aliphatic carbocycles. The lowest BCUT2D eigenvalue weighted by Crippen LogP contribution is -2.41. The fourth-order valence-electron chi connectivity index (χ4n) is 3.36. The third kappa shape index (κ3) is 6.25. The van der Waals surface area contributed by atoms with Gasteiger partial charge in [0.05, 0.1) is 35.4 Å². The molecule has 0 aromatic heterocycles. The van der Waals surface area contributed by atoms with E-state index >= 15 is 0 Å². The van der Waals surface area contributed by atoms with Crippen molar-refractivity contribution in [2.75, 3.05) is 44.3 Å². The van der Waals surface area contributed by atoms with Crippen molar-refractivity contribution in [2.24, 2.45) is 0 Å². The van der Waals surface area contributed by atoms with Gasteiger partial charge in [0.25, 0.3) is 0 Å². The summed E-state index contributed by atoms with van der Waals surface area (Å²) < 4.78 is 60.8. The first-order valence-electron chi connectivity index (χ1n) is 9.83. The molecule has 32 heavy (non-hydrogen) atoms. The Morgan fingerprint density at radius 3 is 2.41 bits per heavy atom. The summed E-state index contributed by atoms with van der Waals surface area (Å²) in [6.45, 7) is 0.678. The lowest BCUT2D eigenvalue weighted by atomic mass is 10.1. The summed E-state index contributed by atoms with van der Waals surface area (Å²) in [6, 6.07) is 4.91. The minimum atomic E-state index is -3.11. The third-order valence-corrected chi connectivity index (χ3v) is 5.51. The monoisotopic (exact) mass is 493 g/mol. The van der Waals surface area contributed by atoms with Crippen LogP contribution in [-0.2, 0) is 16.0 Å². The molecule has 0 radical (unpaired) electrons. The summed E-state index contributed by atoms with van der Waals surface area (Å²) in [6.07, 6.45) is -0.343. The van der Waals surface area contributed by atoms with Crippen molar-refractivity contribution in [3.8, 4) is 0 Å². The van der Waals surface area contributed by atoms with Gasteiger partial charge in [-0.25, -0.2) is 8.78 Å². The summed E-state index contributed by atoms with van der Waals surface area (Å²) in [5, 5.41) is 2.04. The fraction of sp³-hybridized carbons (Fsp3) is 0.381. The van der Waals surface area contributed by atoms with Gasteiger partial charge >= 0.3 is 6.55 Å². The zero-order chi connectivity index (χ0) is 23.3. The van der Waals surface area contributed by atoms with Crippen LogP contribution >= 0.6 is 23.2 Å². The molecular weight excluding hydrogens is 473 g/mol. The number of anilines is 2. The second-order valence-electron chi connectivity index (χ2n) is 7.12. The number of nitrogens with zero attached hydrogens (tertiary/aromatic N) is 2. The summed E-state index contributed by atoms with van der Waals surface area (Å²) in [5.41, 5.74) is -0.545. The van der Waals surface area contributed by atoms with E-state index in [1.165, 1.54) is 0 Å². The van der Waals surface area contributed by atoms with E-state index in [1.807, 2.05) is 0 Å². The van der Waals surface area contributed by atoms with Crippen molar-refractivity contribution in [1.82, 2.24) is 10.2 Å². The van der Waals surface area contributed by atoms with Crippen LogP contribution in [-0.4, -0.2) is 56.7 Å². The number of carbonyl (C=O) groups excluding carboxylic acids is 1. The molecule has 1 fully saturated rings. The normalized spacial score (nSPS) is 14.6. The molecule has 1 saturated heterocycles. The van der Waals surface area contributed by atoms with Gasteiger partial charge in [-0.1, -0.05) is 23.2 Å². The first-order valence-corrected chi connectivity index (χ1v) is 10.6. The molecule has 2 aromatic rings. The average Bonchev–Trinajstić information content (AvgIpc) is 2.73. The van der Waals surface area contributed by atoms with Crippen LogP contribution in [0.25, 0.3) is 0 Å². The molecule has 3 rings (SSSR count). The third-order valence-electron chi connectivity index (χ3n) is 4.93. The maximum atomic E-state index is 14.3. The lowest BCUT2D eigenvalue weighted by Gasteiger charge is -2.27. The van der Waals surface area contributed by atoms with Crippen molar-refractivity contribution < 1.29 is 27.1 Å². The molecule has 1 heterocycles. The van der Waals surface area contributed by atoms with E-state index in [2.05, 4.69) is 10.2 Å². The zero-order valence-electron chi connectivity index (χ0n) is 16.9. The highest BCUT2D eigenvalue weighted by molar-refractivity contribution is 6.39. The van der Waals surface area contributed by atoms with Gasteiger partial charge < -0.3 is 10.1 Å². The number of amides is 1. The number of hydrogen-bond acceptors (Lipinski definition) is 4. The predicted octanol–water partition coefficient (Wildman–Crippen LogP) is 4.62. The van der Waals surface area contributed by atoms with Gasteiger partial charge in [0.15, 0.2) is 0 Å². The predicted molar refractivity (Wildman–Crippen MR) is 115 cm³/mol. The highest BCUT2D eigenvalue weighted by Crippen LogP contribution is 2.41. The second-order valence-corrected chi connectivity index (χ2v) is 7.94. The smallest absolute Gasteiger partial charge is 0.319 e. The molecule has 0 bridgehead atoms. The Bertz CT molecular complexity index is 936. The standard InChI is InChI=1S/C21H21Cl2F4N3O2/c22-16-11-14(24)12-17(23)20(16)30(21(26)27)15-1-2-18(25)13(9-15)10-19(31)28-3-4-29-5-7-32-8-6-29/h1-2,9,11-12,21H,3-8,10H2,(H,28,31). The summed E-state index contributed by atoms with van der Waals surface area (Å²) in [5.74, 6) is -1.95. The molecule has 1 aliphatic heterocycles. The van der Waals surface area contributed by atoms with Crippen LogP contribution in [0.5, 0.6) is 0 Å². The molecule has 0 atom stereocenters. The first-order chi connectivity index (χ1) is 15.3. The molecule has 0 saturated carbocycles. The topological polar surface area (TPSA) is 44.8 Å². The van der Waals surface area contributed by atoms with Crippen LogP contribution in [0.15, 0.2) is 30.3 Å². The fourth-order valence-corrected chi connectivity index (χ4v) is 4.01. The second kappa shape index (κ2) is 11.2. The molecule has 0 unspecified atom stereocenters. The molecule has 2 aromatic carbocycles. The molecule has 1 aliphatic rings. The number of alkyl halides is 2. The molecule has 174 valence electrons. The SMILES string of the molecule is O=C(Cc1cc(N(c2c(Cl)cc(F)cc2Cl)C(F)F)ccc1F)NCCN1CCOCC1. The van der Waals surface area contributed by atoms with Gasteiger partial charge in [-0.3, -0.25) is 14.6 Å². The number of halogens is 6. The minimum absolute atomic E-state index is 0.0774. The minimum Gasteiger partial charge on any atom is -0.379 e. The van der Waals surface area contributed by atoms with Crippen LogP contribution in [0.3, 0.4) is 0 Å². The maximum Gasteiger partial charge on any atom is 0.319 e. The molecule has 11 heteroatoms. The van der Waals surface area contributed by atoms with Crippen LogP contribution in [0.1, 0.15) is 5.56 Å². The van der Waals surface area contributed by atoms with E-state index in [0.29, 0.717) is 31.2 Å². The van der Waals surface area contributed by atoms with Crippen LogP contribution < -0.4 is 10.2 Å². The highest BCUT2D eigenvalue weighted by Gasteiger charge is 2.26. The number of carbonyl (C=O) groups is 1. The van der Waals surface area contributed by atoms with Gasteiger partial charge in [-0.15, -0.1) is 0 Å². The first kappa shape index (κ1) is 24.6. The summed E-state index contributed by atoms with van der Waals surface area (Å²) in [7, 11) is 0. The Kier molecular flexibility index (Phi) is 8.58. The number of benzene rings is 2. The van der Waals surface area contributed by atoms with Crippen molar-refractivity contribution >= 4 is 40.5 Å². The van der Waals surface area contributed by atoms with Crippen molar-refractivity contribution in [1.29, 1.82) is 0 Å². The van der Waals surface area contributed by atoms with Gasteiger partial charge in [0, 0.05) is 31.9 Å². The highest BCUT2D eigenvalue weighted by atomic mass is 35.5. The molecule has 1 amide bonds. The molecule has 1 N–H and O–H groups in total. The molecule has 0 spiro atoms. The quantitative estimate of drug-likeness (QED) is 0.430. The number of ether oxygens (including phenoxy) is 1. The Balaban J connectivity index is 1.74. The number of rotatable bonds is 8. The lowest BCUT2D eigenvalue weighted by molar-refractivity contribution is -0.120. The van der Waals surface area contributed by atoms with E-state index in [1.54, 1.807) is 0 Å². The van der Waals surface area contributed by atoms with Gasteiger partial charge in [0.2, 0.25) is 5.91 Å². The van der Waals surface area contributed by atoms with Gasteiger partial charge in [-0.2, -0.15) is 8.78 Å². The number of morpholine rings is 1. The zero-order valence-corrected chi connectivity index (χ0v) is 18.4. The van der Waals surface area contributed by atoms with E-state index in [4.69, 9.17) is 27.9 Å². The summed E-state index contributed by atoms with van der Waals surface area (Å²) in [4.78, 5) is 14.9. The largest absolute Gasteiger partial charge is 0.379 e. The Morgan fingerprint density at radius 1 is 1.12 bits per heavy atom. The average molecular weight is 494 g/mol. The Hall–Kier alpha value is -2.07. The van der Waals surface area contributed by atoms with Gasteiger partial charge in [0.1, 0.15) is 11.6 Å². The Labute approximate surface area is 192 Å². The van der Waals surface area contributed by atoms with Crippen molar-refractivity contribution in [3.05, 3.63) is 57.6 Å². The molecular formula is C21H21Cl2F4N3O2. The van der Waals surface area contributed by atoms with E-state index in [0.717, 1.165) is 43.4 Å². The van der Waals surface area contributed by atoms with Gasteiger partial charge in [-0.05, 0) is 35.9 Å². The molecule has 5 nitrogen and oxygen atoms in total.